The fourth-order valence-electron chi connectivity index (χ4n) is 2.21. The fraction of sp³-hybridized carbons (Fsp3) is 0.333. The van der Waals surface area contributed by atoms with Crippen LogP contribution in [0.15, 0.2) is 18.3 Å². The lowest BCUT2D eigenvalue weighted by Crippen LogP contribution is -2.33. The van der Waals surface area contributed by atoms with Crippen LogP contribution in [0.2, 0.25) is 0 Å². The van der Waals surface area contributed by atoms with E-state index in [2.05, 4.69) is 4.98 Å². The first-order chi connectivity index (χ1) is 9.51. The molecule has 1 aromatic heterocycles. The summed E-state index contributed by atoms with van der Waals surface area (Å²) in [6.07, 6.45) is 1.58. The number of aromatic nitrogens is 1. The number of likely N-dealkylation sites (N-methyl/N-ethyl adjacent to an activating group) is 1. The van der Waals surface area contributed by atoms with Gasteiger partial charge in [0.05, 0.1) is 12.7 Å². The minimum absolute atomic E-state index is 0.390. The van der Waals surface area contributed by atoms with Gasteiger partial charge in [-0.3, -0.25) is 9.59 Å². The van der Waals surface area contributed by atoms with Crippen LogP contribution in [0, 0.1) is 6.92 Å². The first-order valence-electron chi connectivity index (χ1n) is 6.45. The molecule has 0 spiro atoms. The highest BCUT2D eigenvalue weighted by Crippen LogP contribution is 2.29. The number of nitrogens with one attached hydrogen (secondary N) is 1. The molecule has 1 N–H and O–H groups in total. The lowest BCUT2D eigenvalue weighted by atomic mass is 10.0. The molecule has 0 aliphatic heterocycles. The molecule has 1 heterocycles. The third kappa shape index (κ3) is 2.15. The zero-order chi connectivity index (χ0) is 14.9. The van der Waals surface area contributed by atoms with Gasteiger partial charge in [-0.1, -0.05) is 0 Å². The Labute approximate surface area is 117 Å². The predicted octanol–water partition coefficient (Wildman–Crippen LogP) is 2.15. The van der Waals surface area contributed by atoms with Crippen molar-refractivity contribution < 1.29 is 14.3 Å². The summed E-state index contributed by atoms with van der Waals surface area (Å²) in [5.74, 6) is -0.310. The highest BCUT2D eigenvalue weighted by molar-refractivity contribution is 6.45. The second-order valence-corrected chi connectivity index (χ2v) is 4.67. The van der Waals surface area contributed by atoms with E-state index < -0.39 is 11.7 Å². The van der Waals surface area contributed by atoms with E-state index in [0.29, 0.717) is 17.9 Å². The molecule has 0 bridgehead atoms. The standard InChI is InChI=1S/C15H18N2O3/c1-5-17(3)15(19)14(18)10-8-16-11-6-7-12(20-4)9(2)13(10)11/h6-8,16H,5H2,1-4H3. The maximum Gasteiger partial charge on any atom is 0.294 e. The molecule has 0 radical (unpaired) electrons. The number of hydrogen-bond acceptors (Lipinski definition) is 3. The lowest BCUT2D eigenvalue weighted by Gasteiger charge is -2.13. The molecule has 2 aromatic rings. The Kier molecular flexibility index (Phi) is 3.79. The van der Waals surface area contributed by atoms with E-state index in [4.69, 9.17) is 4.74 Å². The summed E-state index contributed by atoms with van der Waals surface area (Å²) >= 11 is 0. The van der Waals surface area contributed by atoms with Crippen molar-refractivity contribution in [3.8, 4) is 5.75 Å². The van der Waals surface area contributed by atoms with Crippen molar-refractivity contribution >= 4 is 22.6 Å². The number of aryl methyl sites for hydroxylation is 1. The van der Waals surface area contributed by atoms with E-state index in [1.165, 1.54) is 4.90 Å². The summed E-state index contributed by atoms with van der Waals surface area (Å²) in [5.41, 5.74) is 2.06. The smallest absolute Gasteiger partial charge is 0.294 e. The van der Waals surface area contributed by atoms with E-state index >= 15 is 0 Å². The number of H-pyrrole nitrogens is 1. The summed E-state index contributed by atoms with van der Waals surface area (Å²) in [7, 11) is 3.20. The number of nitrogens with zero attached hydrogens (tertiary/aromatic N) is 1. The number of hydrogen-bond donors (Lipinski definition) is 1. The van der Waals surface area contributed by atoms with Crippen molar-refractivity contribution in [2.24, 2.45) is 0 Å². The Balaban J connectivity index is 2.55. The van der Waals surface area contributed by atoms with Gasteiger partial charge in [0, 0.05) is 36.3 Å². The highest BCUT2D eigenvalue weighted by Gasteiger charge is 2.24. The molecule has 0 aliphatic rings. The van der Waals surface area contributed by atoms with Crippen molar-refractivity contribution in [2.45, 2.75) is 13.8 Å². The summed E-state index contributed by atoms with van der Waals surface area (Å²) in [6, 6.07) is 3.67. The zero-order valence-corrected chi connectivity index (χ0v) is 12.1. The second kappa shape index (κ2) is 5.36. The van der Waals surface area contributed by atoms with Crippen molar-refractivity contribution in [3.63, 3.8) is 0 Å². The van der Waals surface area contributed by atoms with Crippen LogP contribution in [0.1, 0.15) is 22.8 Å². The zero-order valence-electron chi connectivity index (χ0n) is 12.1. The van der Waals surface area contributed by atoms with Crippen molar-refractivity contribution in [1.29, 1.82) is 0 Å². The van der Waals surface area contributed by atoms with Crippen molar-refractivity contribution in [3.05, 3.63) is 29.5 Å². The number of carbonyl (C=O) groups excluding carboxylic acids is 2. The summed E-state index contributed by atoms with van der Waals surface area (Å²) < 4.78 is 5.27. The van der Waals surface area contributed by atoms with Crippen LogP contribution in [0.5, 0.6) is 5.75 Å². The third-order valence-electron chi connectivity index (χ3n) is 3.54. The number of carbonyl (C=O) groups is 2. The Bertz CT molecular complexity index is 673. The van der Waals surface area contributed by atoms with E-state index in [1.807, 2.05) is 26.0 Å². The number of methoxy groups -OCH3 is 1. The molecular formula is C15H18N2O3. The van der Waals surface area contributed by atoms with E-state index in [9.17, 15) is 9.59 Å². The van der Waals surface area contributed by atoms with Gasteiger partial charge in [0.1, 0.15) is 5.75 Å². The summed E-state index contributed by atoms with van der Waals surface area (Å²) in [6.45, 7) is 4.20. The first-order valence-corrected chi connectivity index (χ1v) is 6.45. The van der Waals surface area contributed by atoms with Gasteiger partial charge in [0.25, 0.3) is 11.7 Å². The van der Waals surface area contributed by atoms with Gasteiger partial charge in [-0.25, -0.2) is 0 Å². The molecule has 0 saturated heterocycles. The van der Waals surface area contributed by atoms with Gasteiger partial charge in [-0.05, 0) is 26.0 Å². The molecule has 0 saturated carbocycles. The SMILES string of the molecule is CCN(C)C(=O)C(=O)c1c[nH]c2ccc(OC)c(C)c12. The largest absolute Gasteiger partial charge is 0.496 e. The number of ketones is 1. The monoisotopic (exact) mass is 274 g/mol. The van der Waals surface area contributed by atoms with Crippen LogP contribution in [0.3, 0.4) is 0 Å². The van der Waals surface area contributed by atoms with Gasteiger partial charge in [0.15, 0.2) is 0 Å². The first kappa shape index (κ1) is 14.1. The van der Waals surface area contributed by atoms with Gasteiger partial charge in [-0.15, -0.1) is 0 Å². The maximum absolute atomic E-state index is 12.3. The number of aromatic amines is 1. The molecule has 20 heavy (non-hydrogen) atoms. The van der Waals surface area contributed by atoms with Crippen LogP contribution >= 0.6 is 0 Å². The van der Waals surface area contributed by atoms with E-state index in [1.54, 1.807) is 20.4 Å². The summed E-state index contributed by atoms with van der Waals surface area (Å²) in [4.78, 5) is 28.8. The molecule has 1 amide bonds. The lowest BCUT2D eigenvalue weighted by molar-refractivity contribution is -0.125. The van der Waals surface area contributed by atoms with E-state index in [0.717, 1.165) is 16.5 Å². The number of Topliss-reactive ketones (excluding diaryl/α,β-unsaturated/α-hetero) is 1. The van der Waals surface area contributed by atoms with Crippen LogP contribution in [-0.4, -0.2) is 42.3 Å². The van der Waals surface area contributed by atoms with Crippen LogP contribution in [-0.2, 0) is 4.79 Å². The minimum atomic E-state index is -0.504. The normalized spacial score (nSPS) is 10.6. The minimum Gasteiger partial charge on any atom is -0.496 e. The molecule has 0 aliphatic carbocycles. The van der Waals surface area contributed by atoms with Gasteiger partial charge < -0.3 is 14.6 Å². The molecule has 0 atom stereocenters. The maximum atomic E-state index is 12.3. The number of ether oxygens (including phenoxy) is 1. The number of rotatable bonds is 4. The number of benzene rings is 1. The summed E-state index contributed by atoms with van der Waals surface area (Å²) in [5, 5.41) is 0.743. The molecule has 1 aromatic carbocycles. The highest BCUT2D eigenvalue weighted by atomic mass is 16.5. The van der Waals surface area contributed by atoms with Gasteiger partial charge in [-0.2, -0.15) is 0 Å². The quantitative estimate of drug-likeness (QED) is 0.686. The molecule has 5 heteroatoms. The van der Waals surface area contributed by atoms with Crippen molar-refractivity contribution in [1.82, 2.24) is 9.88 Å². The molecule has 5 nitrogen and oxygen atoms in total. The van der Waals surface area contributed by atoms with Crippen LogP contribution in [0.4, 0.5) is 0 Å². The Morgan fingerprint density at radius 1 is 1.35 bits per heavy atom. The number of fused-ring (bicyclic) bond motifs is 1. The molecular weight excluding hydrogens is 256 g/mol. The van der Waals surface area contributed by atoms with E-state index in [-0.39, 0.29) is 0 Å². The molecule has 106 valence electrons. The fourth-order valence-corrected chi connectivity index (χ4v) is 2.21. The average molecular weight is 274 g/mol. The van der Waals surface area contributed by atoms with Gasteiger partial charge in [0.2, 0.25) is 0 Å². The van der Waals surface area contributed by atoms with Crippen LogP contribution < -0.4 is 4.74 Å². The molecule has 2 rings (SSSR count). The number of amides is 1. The third-order valence-corrected chi connectivity index (χ3v) is 3.54. The topological polar surface area (TPSA) is 62.4 Å². The molecule has 0 unspecified atom stereocenters. The van der Waals surface area contributed by atoms with Crippen LogP contribution in [0.25, 0.3) is 10.9 Å². The second-order valence-electron chi connectivity index (χ2n) is 4.67. The molecule has 0 fully saturated rings. The van der Waals surface area contributed by atoms with Gasteiger partial charge >= 0.3 is 0 Å². The Hall–Kier alpha value is -2.30. The Morgan fingerprint density at radius 3 is 2.65 bits per heavy atom. The average Bonchev–Trinajstić information content (AvgIpc) is 2.90. The predicted molar refractivity (Wildman–Crippen MR) is 77.2 cm³/mol. The Morgan fingerprint density at radius 2 is 2.05 bits per heavy atom. The van der Waals surface area contributed by atoms with Crippen molar-refractivity contribution in [2.75, 3.05) is 20.7 Å².